The molecule has 4 rings (SSSR count). The highest BCUT2D eigenvalue weighted by Gasteiger charge is 2.35. The molecular formula is C22H15F2NO4S. The third-order valence-corrected chi connectivity index (χ3v) is 6.84. The fourth-order valence-electron chi connectivity index (χ4n) is 3.37. The fraction of sp³-hybridized carbons (Fsp3) is 0.0909. The van der Waals surface area contributed by atoms with Crippen molar-refractivity contribution in [1.29, 1.82) is 0 Å². The van der Waals surface area contributed by atoms with Crippen molar-refractivity contribution >= 4 is 21.5 Å². The SMILES string of the molecule is C[C@H](NC(=O)c1ccc2c(c1)S(=O)(=O)c1ccccc1C2=O)c1ccc(F)c(F)c1. The van der Waals surface area contributed by atoms with E-state index in [1.165, 1.54) is 36.4 Å². The number of halogens is 2. The third kappa shape index (κ3) is 3.19. The Morgan fingerprint density at radius 2 is 1.60 bits per heavy atom. The van der Waals surface area contributed by atoms with Crippen molar-refractivity contribution in [3.05, 3.63) is 94.6 Å². The Hall–Kier alpha value is -3.39. The van der Waals surface area contributed by atoms with Gasteiger partial charge in [-0.25, -0.2) is 17.2 Å². The van der Waals surface area contributed by atoms with Crippen LogP contribution in [0.2, 0.25) is 0 Å². The zero-order chi connectivity index (χ0) is 21.6. The van der Waals surface area contributed by atoms with Crippen molar-refractivity contribution < 1.29 is 26.8 Å². The van der Waals surface area contributed by atoms with E-state index in [0.717, 1.165) is 18.2 Å². The van der Waals surface area contributed by atoms with Gasteiger partial charge in [-0.1, -0.05) is 18.2 Å². The van der Waals surface area contributed by atoms with Crippen LogP contribution in [0.5, 0.6) is 0 Å². The Kier molecular flexibility index (Phi) is 4.74. The van der Waals surface area contributed by atoms with E-state index in [4.69, 9.17) is 0 Å². The van der Waals surface area contributed by atoms with Crippen molar-refractivity contribution in [3.63, 3.8) is 0 Å². The number of carbonyl (C=O) groups excluding carboxylic acids is 2. The number of fused-ring (bicyclic) bond motifs is 2. The molecule has 1 atom stereocenters. The van der Waals surface area contributed by atoms with Crippen LogP contribution in [0.1, 0.15) is 44.8 Å². The topological polar surface area (TPSA) is 80.3 Å². The molecule has 0 radical (unpaired) electrons. The number of hydrogen-bond donors (Lipinski definition) is 1. The highest BCUT2D eigenvalue weighted by Crippen LogP contribution is 2.34. The number of rotatable bonds is 3. The summed E-state index contributed by atoms with van der Waals surface area (Å²) in [5.41, 5.74) is 0.462. The monoisotopic (exact) mass is 427 g/mol. The minimum Gasteiger partial charge on any atom is -0.346 e. The molecule has 152 valence electrons. The zero-order valence-corrected chi connectivity index (χ0v) is 16.5. The van der Waals surface area contributed by atoms with Crippen LogP contribution >= 0.6 is 0 Å². The van der Waals surface area contributed by atoms with Gasteiger partial charge in [0.25, 0.3) is 5.91 Å². The molecule has 8 heteroatoms. The number of hydrogen-bond acceptors (Lipinski definition) is 4. The van der Waals surface area contributed by atoms with Gasteiger partial charge in [0.2, 0.25) is 9.84 Å². The molecule has 30 heavy (non-hydrogen) atoms. The number of carbonyl (C=O) groups is 2. The average Bonchev–Trinajstić information content (AvgIpc) is 2.74. The number of sulfone groups is 1. The van der Waals surface area contributed by atoms with Gasteiger partial charge >= 0.3 is 0 Å². The van der Waals surface area contributed by atoms with Crippen LogP contribution in [0.15, 0.2) is 70.5 Å². The van der Waals surface area contributed by atoms with E-state index in [-0.39, 0.29) is 26.5 Å². The third-order valence-electron chi connectivity index (χ3n) is 4.99. The molecule has 0 fully saturated rings. The summed E-state index contributed by atoms with van der Waals surface area (Å²) in [5, 5.41) is 2.62. The minimum absolute atomic E-state index is 0.00101. The first-order valence-electron chi connectivity index (χ1n) is 8.99. The predicted molar refractivity (Wildman–Crippen MR) is 104 cm³/mol. The lowest BCUT2D eigenvalue weighted by atomic mass is 10.0. The van der Waals surface area contributed by atoms with Crippen molar-refractivity contribution in [3.8, 4) is 0 Å². The van der Waals surface area contributed by atoms with Crippen molar-refractivity contribution in [2.45, 2.75) is 22.8 Å². The van der Waals surface area contributed by atoms with E-state index in [1.807, 2.05) is 0 Å². The van der Waals surface area contributed by atoms with Gasteiger partial charge in [0.15, 0.2) is 17.4 Å². The van der Waals surface area contributed by atoms with E-state index in [1.54, 1.807) is 13.0 Å². The van der Waals surface area contributed by atoms with Crippen LogP contribution in [0.4, 0.5) is 8.78 Å². The van der Waals surface area contributed by atoms with Crippen LogP contribution in [-0.2, 0) is 9.84 Å². The van der Waals surface area contributed by atoms with E-state index in [2.05, 4.69) is 5.32 Å². The first kappa shape index (κ1) is 19.9. The minimum atomic E-state index is -3.97. The quantitative estimate of drug-likeness (QED) is 0.539. The second kappa shape index (κ2) is 7.14. The molecule has 0 saturated carbocycles. The second-order valence-electron chi connectivity index (χ2n) is 6.91. The average molecular weight is 427 g/mol. The van der Waals surface area contributed by atoms with E-state index in [9.17, 15) is 26.8 Å². The van der Waals surface area contributed by atoms with Crippen LogP contribution in [-0.4, -0.2) is 20.1 Å². The van der Waals surface area contributed by atoms with Crippen molar-refractivity contribution in [2.24, 2.45) is 0 Å². The second-order valence-corrected chi connectivity index (χ2v) is 8.79. The standard InChI is InChI=1S/C22H15F2NO4S/c1-12(13-7-9-17(23)18(24)10-13)25-22(27)14-6-8-16-20(11-14)30(28,29)19-5-3-2-4-15(19)21(16)26/h2-12H,1H3,(H,25,27)/t12-/m0/s1. The highest BCUT2D eigenvalue weighted by molar-refractivity contribution is 7.91. The summed E-state index contributed by atoms with van der Waals surface area (Å²) in [7, 11) is -3.97. The number of amides is 1. The summed E-state index contributed by atoms with van der Waals surface area (Å²) >= 11 is 0. The highest BCUT2D eigenvalue weighted by atomic mass is 32.2. The largest absolute Gasteiger partial charge is 0.346 e. The number of ketones is 1. The molecule has 0 saturated heterocycles. The Labute approximate surface area is 171 Å². The lowest BCUT2D eigenvalue weighted by Gasteiger charge is -2.20. The van der Waals surface area contributed by atoms with Crippen LogP contribution in [0, 0.1) is 11.6 Å². The first-order valence-corrected chi connectivity index (χ1v) is 10.5. The Bertz CT molecular complexity index is 1320. The summed E-state index contributed by atoms with van der Waals surface area (Å²) in [6, 6.07) is 12.3. The summed E-state index contributed by atoms with van der Waals surface area (Å²) in [5.74, 6) is -3.08. The molecule has 1 amide bonds. The summed E-state index contributed by atoms with van der Waals surface area (Å²) < 4.78 is 52.5. The van der Waals surface area contributed by atoms with Gasteiger partial charge in [-0.15, -0.1) is 0 Å². The smallest absolute Gasteiger partial charge is 0.251 e. The van der Waals surface area contributed by atoms with E-state index in [0.29, 0.717) is 5.56 Å². The maximum Gasteiger partial charge on any atom is 0.251 e. The van der Waals surface area contributed by atoms with Gasteiger partial charge < -0.3 is 5.32 Å². The van der Waals surface area contributed by atoms with Crippen molar-refractivity contribution in [2.75, 3.05) is 0 Å². The molecule has 0 aliphatic carbocycles. The molecule has 3 aromatic carbocycles. The molecule has 5 nitrogen and oxygen atoms in total. The van der Waals surface area contributed by atoms with Crippen molar-refractivity contribution in [1.82, 2.24) is 5.32 Å². The van der Waals surface area contributed by atoms with E-state index >= 15 is 0 Å². The molecule has 1 aliphatic rings. The lowest BCUT2D eigenvalue weighted by Crippen LogP contribution is -2.28. The van der Waals surface area contributed by atoms with Gasteiger partial charge in [0.1, 0.15) is 0 Å². The molecule has 1 aliphatic heterocycles. The predicted octanol–water partition coefficient (Wildman–Crippen LogP) is 3.83. The van der Waals surface area contributed by atoms with Gasteiger partial charge in [0.05, 0.1) is 15.8 Å². The molecule has 1 heterocycles. The van der Waals surface area contributed by atoms with Gasteiger partial charge in [-0.2, -0.15) is 0 Å². The van der Waals surface area contributed by atoms with Crippen LogP contribution in [0.3, 0.4) is 0 Å². The van der Waals surface area contributed by atoms with Gasteiger partial charge in [-0.05, 0) is 55.0 Å². The molecule has 0 spiro atoms. The normalized spacial score (nSPS) is 15.1. The maximum absolute atomic E-state index is 13.4. The number of nitrogens with one attached hydrogen (secondary N) is 1. The van der Waals surface area contributed by atoms with Crippen LogP contribution in [0.25, 0.3) is 0 Å². The number of benzene rings is 3. The molecule has 0 aromatic heterocycles. The van der Waals surface area contributed by atoms with Gasteiger partial charge in [-0.3, -0.25) is 9.59 Å². The Morgan fingerprint density at radius 3 is 2.33 bits per heavy atom. The fourth-order valence-corrected chi connectivity index (χ4v) is 5.05. The molecule has 1 N–H and O–H groups in total. The molecule has 0 bridgehead atoms. The maximum atomic E-state index is 13.4. The van der Waals surface area contributed by atoms with Gasteiger partial charge in [0, 0.05) is 16.7 Å². The first-order chi connectivity index (χ1) is 14.2. The molecular weight excluding hydrogens is 412 g/mol. The molecule has 3 aromatic rings. The summed E-state index contributed by atoms with van der Waals surface area (Å²) in [6.07, 6.45) is 0. The van der Waals surface area contributed by atoms with E-state index < -0.39 is 39.2 Å². The Morgan fingerprint density at radius 1 is 0.900 bits per heavy atom. The summed E-state index contributed by atoms with van der Waals surface area (Å²) in [6.45, 7) is 1.58. The zero-order valence-electron chi connectivity index (χ0n) is 15.6. The lowest BCUT2D eigenvalue weighted by molar-refractivity contribution is 0.0938. The summed E-state index contributed by atoms with van der Waals surface area (Å²) in [4.78, 5) is 25.0. The Balaban J connectivity index is 1.67. The molecule has 0 unspecified atom stereocenters. The van der Waals surface area contributed by atoms with Crippen LogP contribution < -0.4 is 5.32 Å².